The van der Waals surface area contributed by atoms with Crippen molar-refractivity contribution in [2.24, 2.45) is 5.92 Å². The van der Waals surface area contributed by atoms with Gasteiger partial charge in [0.25, 0.3) is 0 Å². The summed E-state index contributed by atoms with van der Waals surface area (Å²) < 4.78 is 0. The van der Waals surface area contributed by atoms with Gasteiger partial charge in [0.05, 0.1) is 0 Å². The van der Waals surface area contributed by atoms with E-state index in [2.05, 4.69) is 14.7 Å². The van der Waals surface area contributed by atoms with Crippen LogP contribution in [0.5, 0.6) is 0 Å². The van der Waals surface area contributed by atoms with Crippen molar-refractivity contribution in [1.29, 1.82) is 0 Å². The maximum atomic E-state index is 2.95. The summed E-state index contributed by atoms with van der Waals surface area (Å²) in [5.41, 5.74) is 0. The Morgan fingerprint density at radius 3 is 2.19 bits per heavy atom. The Kier molecular flexibility index (Phi) is 7.30. The van der Waals surface area contributed by atoms with E-state index in [4.69, 9.17) is 0 Å². The molecule has 4 fully saturated rings. The molecule has 2 saturated carbocycles. The van der Waals surface area contributed by atoms with Gasteiger partial charge in [-0.05, 0) is 76.9 Å². The van der Waals surface area contributed by atoms with Crippen LogP contribution in [0, 0.1) is 5.92 Å². The molecular formula is C23H43N3. The molecular weight excluding hydrogens is 318 g/mol. The largest absolute Gasteiger partial charge is 0.302 e. The second kappa shape index (κ2) is 9.89. The van der Waals surface area contributed by atoms with Crippen LogP contribution in [-0.4, -0.2) is 72.6 Å². The fourth-order valence-electron chi connectivity index (χ4n) is 6.32. The lowest BCUT2D eigenvalue weighted by molar-refractivity contribution is 0.0775. The molecule has 26 heavy (non-hydrogen) atoms. The van der Waals surface area contributed by atoms with Crippen LogP contribution in [0.15, 0.2) is 0 Å². The summed E-state index contributed by atoms with van der Waals surface area (Å²) in [6, 6.07) is 1.84. The molecule has 0 aromatic carbocycles. The zero-order valence-electron chi connectivity index (χ0n) is 17.2. The summed E-state index contributed by atoms with van der Waals surface area (Å²) in [6.07, 6.45) is 19.1. The highest BCUT2D eigenvalue weighted by Crippen LogP contribution is 2.30. The highest BCUT2D eigenvalue weighted by Gasteiger charge is 2.31. The van der Waals surface area contributed by atoms with Gasteiger partial charge in [0.15, 0.2) is 0 Å². The van der Waals surface area contributed by atoms with E-state index in [1.165, 1.54) is 129 Å². The minimum Gasteiger partial charge on any atom is -0.302 e. The number of likely N-dealkylation sites (tertiary alicyclic amines) is 2. The summed E-state index contributed by atoms with van der Waals surface area (Å²) in [7, 11) is 0. The van der Waals surface area contributed by atoms with Gasteiger partial charge < -0.3 is 9.80 Å². The molecule has 4 aliphatic rings. The van der Waals surface area contributed by atoms with Crippen molar-refractivity contribution in [3.8, 4) is 0 Å². The molecule has 0 amide bonds. The van der Waals surface area contributed by atoms with E-state index >= 15 is 0 Å². The summed E-state index contributed by atoms with van der Waals surface area (Å²) in [4.78, 5) is 8.58. The van der Waals surface area contributed by atoms with Crippen molar-refractivity contribution in [2.45, 2.75) is 95.6 Å². The van der Waals surface area contributed by atoms with Crippen LogP contribution in [0.3, 0.4) is 0 Å². The Labute approximate surface area is 162 Å². The number of hydrogen-bond donors (Lipinski definition) is 0. The topological polar surface area (TPSA) is 9.72 Å². The Bertz CT molecular complexity index is 394. The predicted octanol–water partition coefficient (Wildman–Crippen LogP) is 4.37. The average Bonchev–Trinajstić information content (AvgIpc) is 3.40. The molecule has 2 saturated heterocycles. The van der Waals surface area contributed by atoms with Crippen molar-refractivity contribution in [2.75, 3.05) is 45.8 Å². The molecule has 3 heteroatoms. The van der Waals surface area contributed by atoms with E-state index in [9.17, 15) is 0 Å². The van der Waals surface area contributed by atoms with E-state index in [0.717, 1.165) is 18.0 Å². The molecule has 2 heterocycles. The van der Waals surface area contributed by atoms with Crippen molar-refractivity contribution >= 4 is 0 Å². The molecule has 0 bridgehead atoms. The van der Waals surface area contributed by atoms with Crippen molar-refractivity contribution in [3.63, 3.8) is 0 Å². The van der Waals surface area contributed by atoms with Crippen LogP contribution in [-0.2, 0) is 0 Å². The van der Waals surface area contributed by atoms with Gasteiger partial charge in [-0.2, -0.15) is 0 Å². The van der Waals surface area contributed by atoms with Crippen LogP contribution in [0.1, 0.15) is 83.5 Å². The van der Waals surface area contributed by atoms with Crippen LogP contribution in [0.2, 0.25) is 0 Å². The molecule has 3 nitrogen and oxygen atoms in total. The lowest BCUT2D eigenvalue weighted by atomic mass is 9.95. The van der Waals surface area contributed by atoms with Gasteiger partial charge in [0.1, 0.15) is 0 Å². The maximum absolute atomic E-state index is 2.95. The molecule has 0 N–H and O–H groups in total. The fourth-order valence-corrected chi connectivity index (χ4v) is 6.32. The average molecular weight is 362 g/mol. The number of rotatable bonds is 7. The monoisotopic (exact) mass is 361 g/mol. The van der Waals surface area contributed by atoms with E-state index in [1.54, 1.807) is 0 Å². The number of nitrogens with zero attached hydrogens (tertiary/aromatic N) is 3. The smallest absolute Gasteiger partial charge is 0.0112 e. The van der Waals surface area contributed by atoms with Crippen LogP contribution in [0.4, 0.5) is 0 Å². The second-order valence-corrected chi connectivity index (χ2v) is 9.78. The molecule has 0 aromatic rings. The van der Waals surface area contributed by atoms with Crippen LogP contribution in [0.25, 0.3) is 0 Å². The second-order valence-electron chi connectivity index (χ2n) is 9.78. The number of piperidine rings is 2. The molecule has 1 unspecified atom stereocenters. The quantitative estimate of drug-likeness (QED) is 0.666. The molecule has 150 valence electrons. The minimum absolute atomic E-state index is 0.904. The first kappa shape index (κ1) is 19.2. The Morgan fingerprint density at radius 1 is 0.692 bits per heavy atom. The highest BCUT2D eigenvalue weighted by molar-refractivity contribution is 4.86. The number of hydrogen-bond acceptors (Lipinski definition) is 3. The van der Waals surface area contributed by atoms with Gasteiger partial charge >= 0.3 is 0 Å². The maximum Gasteiger partial charge on any atom is 0.0112 e. The normalized spacial score (nSPS) is 30.6. The fraction of sp³-hybridized carbons (Fsp3) is 1.00. The lowest BCUT2D eigenvalue weighted by Gasteiger charge is -2.40. The Morgan fingerprint density at radius 2 is 1.42 bits per heavy atom. The van der Waals surface area contributed by atoms with E-state index in [1.807, 2.05) is 0 Å². The zero-order chi connectivity index (χ0) is 17.6. The standard InChI is InChI=1S/C23H43N3/c1-6-14-24(15-7-1)17-18-26(23-12-4-5-13-23)20-21-9-8-16-25(19-21)22-10-2-3-11-22/h21-23H,1-20H2. The summed E-state index contributed by atoms with van der Waals surface area (Å²) in [5, 5.41) is 0. The predicted molar refractivity (Wildman–Crippen MR) is 111 cm³/mol. The Balaban J connectivity index is 1.29. The van der Waals surface area contributed by atoms with Gasteiger partial charge in [-0.15, -0.1) is 0 Å². The first-order valence-corrected chi connectivity index (χ1v) is 12.1. The highest BCUT2D eigenvalue weighted by atomic mass is 15.2. The first-order chi connectivity index (χ1) is 12.9. The van der Waals surface area contributed by atoms with Gasteiger partial charge in [-0.1, -0.05) is 32.1 Å². The van der Waals surface area contributed by atoms with Crippen molar-refractivity contribution in [3.05, 3.63) is 0 Å². The van der Waals surface area contributed by atoms with E-state index < -0.39 is 0 Å². The van der Waals surface area contributed by atoms with Gasteiger partial charge in [-0.25, -0.2) is 0 Å². The third-order valence-electron chi connectivity index (χ3n) is 7.88. The lowest BCUT2D eigenvalue weighted by Crippen LogP contribution is -2.48. The summed E-state index contributed by atoms with van der Waals surface area (Å²) in [5.74, 6) is 0.936. The molecule has 0 spiro atoms. The molecule has 0 radical (unpaired) electrons. The molecule has 2 aliphatic heterocycles. The zero-order valence-corrected chi connectivity index (χ0v) is 17.2. The van der Waals surface area contributed by atoms with Gasteiger partial charge in [0.2, 0.25) is 0 Å². The van der Waals surface area contributed by atoms with Crippen molar-refractivity contribution in [1.82, 2.24) is 14.7 Å². The molecule has 0 aromatic heterocycles. The van der Waals surface area contributed by atoms with Crippen LogP contribution >= 0.6 is 0 Å². The molecule has 4 rings (SSSR count). The minimum atomic E-state index is 0.904. The molecule has 1 atom stereocenters. The molecule has 2 aliphatic carbocycles. The first-order valence-electron chi connectivity index (χ1n) is 12.1. The van der Waals surface area contributed by atoms with E-state index in [-0.39, 0.29) is 0 Å². The van der Waals surface area contributed by atoms with Crippen LogP contribution < -0.4 is 0 Å². The van der Waals surface area contributed by atoms with Crippen molar-refractivity contribution < 1.29 is 0 Å². The third kappa shape index (κ3) is 5.23. The third-order valence-corrected chi connectivity index (χ3v) is 7.88. The SMILES string of the molecule is C1CCN(CCN(CC2CCCN(C3CCCC3)C2)C2CCCC2)CC1. The van der Waals surface area contributed by atoms with Gasteiger partial charge in [0, 0.05) is 38.3 Å². The van der Waals surface area contributed by atoms with E-state index in [0.29, 0.717) is 0 Å². The summed E-state index contributed by atoms with van der Waals surface area (Å²) >= 11 is 0. The van der Waals surface area contributed by atoms with Gasteiger partial charge in [-0.3, -0.25) is 4.90 Å². The summed E-state index contributed by atoms with van der Waals surface area (Å²) in [6.45, 7) is 9.56. The Hall–Kier alpha value is -0.120.